The molecule has 0 saturated carbocycles. The minimum absolute atomic E-state index is 0.656. The predicted octanol–water partition coefficient (Wildman–Crippen LogP) is 6.58. The van der Waals surface area contributed by atoms with Gasteiger partial charge in [-0.3, -0.25) is 4.98 Å². The summed E-state index contributed by atoms with van der Waals surface area (Å²) in [5, 5.41) is 0.743. The van der Waals surface area contributed by atoms with Crippen LogP contribution in [0.25, 0.3) is 22.4 Å². The van der Waals surface area contributed by atoms with Crippen molar-refractivity contribution in [2.45, 2.75) is 27.2 Å². The molecule has 3 rings (SSSR count). The van der Waals surface area contributed by atoms with E-state index in [1.54, 1.807) is 0 Å². The fourth-order valence-electron chi connectivity index (χ4n) is 2.95. The Hall–Kier alpha value is -2.12. The van der Waals surface area contributed by atoms with Gasteiger partial charge in [0.05, 0.1) is 5.69 Å². The summed E-state index contributed by atoms with van der Waals surface area (Å²) in [5.41, 5.74) is 7.12. The molecule has 0 radical (unpaired) electrons. The lowest BCUT2D eigenvalue weighted by molar-refractivity contribution is 0.647. The largest absolute Gasteiger partial charge is 0.256 e. The molecule has 1 heterocycles. The van der Waals surface area contributed by atoms with E-state index in [1.807, 2.05) is 30.5 Å². The molecule has 122 valence electrons. The van der Waals surface area contributed by atoms with Gasteiger partial charge in [0.1, 0.15) is 0 Å². The first-order chi connectivity index (χ1) is 11.5. The molecular formula is C22H22ClN. The highest BCUT2D eigenvalue weighted by Gasteiger charge is 2.08. The van der Waals surface area contributed by atoms with Crippen LogP contribution in [0.5, 0.6) is 0 Å². The molecule has 1 aromatic heterocycles. The highest BCUT2D eigenvalue weighted by atomic mass is 35.5. The zero-order valence-corrected chi connectivity index (χ0v) is 15.1. The van der Waals surface area contributed by atoms with Gasteiger partial charge >= 0.3 is 0 Å². The van der Waals surface area contributed by atoms with Gasteiger partial charge in [0.25, 0.3) is 0 Å². The molecule has 0 aliphatic carbocycles. The summed E-state index contributed by atoms with van der Waals surface area (Å²) in [7, 11) is 0. The van der Waals surface area contributed by atoms with Crippen molar-refractivity contribution in [3.8, 4) is 22.4 Å². The Morgan fingerprint density at radius 2 is 1.71 bits per heavy atom. The van der Waals surface area contributed by atoms with Crippen molar-refractivity contribution in [2.75, 3.05) is 0 Å². The maximum atomic E-state index is 5.99. The number of aryl methyl sites for hydroxylation is 1. The maximum absolute atomic E-state index is 5.99. The van der Waals surface area contributed by atoms with E-state index >= 15 is 0 Å². The third-order valence-corrected chi connectivity index (χ3v) is 4.38. The number of aromatic nitrogens is 1. The lowest BCUT2D eigenvalue weighted by Gasteiger charge is -2.11. The Morgan fingerprint density at radius 1 is 0.958 bits per heavy atom. The molecule has 2 heteroatoms. The second-order valence-corrected chi connectivity index (χ2v) is 7.13. The van der Waals surface area contributed by atoms with Gasteiger partial charge in [0, 0.05) is 16.8 Å². The number of hydrogen-bond donors (Lipinski definition) is 0. The molecule has 0 aliphatic rings. The van der Waals surface area contributed by atoms with Crippen LogP contribution in [0.15, 0.2) is 60.8 Å². The van der Waals surface area contributed by atoms with Crippen LogP contribution in [0.4, 0.5) is 0 Å². The molecule has 1 nitrogen and oxygen atoms in total. The van der Waals surface area contributed by atoms with E-state index in [2.05, 4.69) is 56.1 Å². The number of hydrogen-bond acceptors (Lipinski definition) is 1. The number of benzene rings is 2. The number of rotatable bonds is 4. The monoisotopic (exact) mass is 335 g/mol. The minimum Gasteiger partial charge on any atom is -0.256 e. The third-order valence-electron chi connectivity index (χ3n) is 4.13. The Labute approximate surface area is 149 Å². The number of halogens is 1. The zero-order valence-electron chi connectivity index (χ0n) is 14.4. The Bertz CT molecular complexity index is 835. The molecule has 0 aliphatic heterocycles. The van der Waals surface area contributed by atoms with Crippen molar-refractivity contribution in [1.29, 1.82) is 0 Å². The van der Waals surface area contributed by atoms with Gasteiger partial charge in [-0.1, -0.05) is 61.8 Å². The normalized spacial score (nSPS) is 11.0. The van der Waals surface area contributed by atoms with Crippen LogP contribution in [-0.2, 0) is 6.42 Å². The molecule has 0 atom stereocenters. The SMILES string of the molecule is Cc1cnc(-c2ccc(Cl)cc2)cc1-c1cccc(CC(C)C)c1. The average Bonchev–Trinajstić information content (AvgIpc) is 2.56. The van der Waals surface area contributed by atoms with Crippen LogP contribution >= 0.6 is 11.6 Å². The summed E-state index contributed by atoms with van der Waals surface area (Å²) >= 11 is 5.99. The van der Waals surface area contributed by atoms with Crippen molar-refractivity contribution in [3.63, 3.8) is 0 Å². The first kappa shape index (κ1) is 16.7. The van der Waals surface area contributed by atoms with Gasteiger partial charge in [-0.25, -0.2) is 0 Å². The standard InChI is InChI=1S/C22H22ClN/c1-15(2)11-17-5-4-6-19(12-17)21-13-22(24-14-16(21)3)18-7-9-20(23)10-8-18/h4-10,12-15H,11H2,1-3H3. The lowest BCUT2D eigenvalue weighted by atomic mass is 9.95. The molecule has 3 aromatic rings. The van der Waals surface area contributed by atoms with Crippen molar-refractivity contribution < 1.29 is 0 Å². The molecule has 24 heavy (non-hydrogen) atoms. The Kier molecular flexibility index (Phi) is 5.01. The van der Waals surface area contributed by atoms with Gasteiger partial charge in [0.15, 0.2) is 0 Å². The fourth-order valence-corrected chi connectivity index (χ4v) is 3.08. The van der Waals surface area contributed by atoms with Crippen LogP contribution in [0.2, 0.25) is 5.02 Å². The lowest BCUT2D eigenvalue weighted by Crippen LogP contribution is -1.95. The van der Waals surface area contributed by atoms with E-state index in [9.17, 15) is 0 Å². The van der Waals surface area contributed by atoms with Gasteiger partial charge in [0.2, 0.25) is 0 Å². The summed E-state index contributed by atoms with van der Waals surface area (Å²) in [4.78, 5) is 4.59. The topological polar surface area (TPSA) is 12.9 Å². The van der Waals surface area contributed by atoms with Crippen LogP contribution in [0, 0.1) is 12.8 Å². The number of nitrogens with zero attached hydrogens (tertiary/aromatic N) is 1. The summed E-state index contributed by atoms with van der Waals surface area (Å²) in [6.07, 6.45) is 3.05. The van der Waals surface area contributed by atoms with E-state index < -0.39 is 0 Å². The second-order valence-electron chi connectivity index (χ2n) is 6.69. The highest BCUT2D eigenvalue weighted by molar-refractivity contribution is 6.30. The molecular weight excluding hydrogens is 314 g/mol. The third kappa shape index (κ3) is 3.85. The maximum Gasteiger partial charge on any atom is 0.0708 e. The molecule has 2 aromatic carbocycles. The van der Waals surface area contributed by atoms with Crippen molar-refractivity contribution in [2.24, 2.45) is 5.92 Å². The average molecular weight is 336 g/mol. The molecule has 0 spiro atoms. The summed E-state index contributed by atoms with van der Waals surface area (Å²) < 4.78 is 0. The van der Waals surface area contributed by atoms with Crippen molar-refractivity contribution in [1.82, 2.24) is 4.98 Å². The first-order valence-electron chi connectivity index (χ1n) is 8.35. The molecule has 0 unspecified atom stereocenters. The van der Waals surface area contributed by atoms with E-state index in [4.69, 9.17) is 11.6 Å². The smallest absolute Gasteiger partial charge is 0.0708 e. The van der Waals surface area contributed by atoms with Crippen molar-refractivity contribution >= 4 is 11.6 Å². The molecule has 0 saturated heterocycles. The summed E-state index contributed by atoms with van der Waals surface area (Å²) in [6.45, 7) is 6.62. The predicted molar refractivity (Wildman–Crippen MR) is 103 cm³/mol. The first-order valence-corrected chi connectivity index (χ1v) is 8.72. The molecule has 0 fully saturated rings. The fraction of sp³-hybridized carbons (Fsp3) is 0.227. The zero-order chi connectivity index (χ0) is 17.1. The molecule has 0 N–H and O–H groups in total. The second kappa shape index (κ2) is 7.19. The molecule has 0 amide bonds. The summed E-state index contributed by atoms with van der Waals surface area (Å²) in [6, 6.07) is 18.8. The van der Waals surface area contributed by atoms with Crippen LogP contribution < -0.4 is 0 Å². The van der Waals surface area contributed by atoms with Crippen LogP contribution in [0.1, 0.15) is 25.0 Å². The van der Waals surface area contributed by atoms with Crippen LogP contribution in [-0.4, -0.2) is 4.98 Å². The molecule has 0 bridgehead atoms. The van der Waals surface area contributed by atoms with Gasteiger partial charge in [-0.2, -0.15) is 0 Å². The van der Waals surface area contributed by atoms with E-state index in [1.165, 1.54) is 22.3 Å². The Morgan fingerprint density at radius 3 is 2.42 bits per heavy atom. The van der Waals surface area contributed by atoms with E-state index in [-0.39, 0.29) is 0 Å². The summed E-state index contributed by atoms with van der Waals surface area (Å²) in [5.74, 6) is 0.656. The number of pyridine rings is 1. The van der Waals surface area contributed by atoms with Gasteiger partial charge < -0.3 is 0 Å². The van der Waals surface area contributed by atoms with Crippen LogP contribution in [0.3, 0.4) is 0 Å². The Balaban J connectivity index is 2.02. The quantitative estimate of drug-likeness (QED) is 0.525. The van der Waals surface area contributed by atoms with E-state index in [0.717, 1.165) is 22.7 Å². The van der Waals surface area contributed by atoms with Gasteiger partial charge in [-0.15, -0.1) is 0 Å². The van der Waals surface area contributed by atoms with Gasteiger partial charge in [-0.05, 0) is 59.7 Å². The van der Waals surface area contributed by atoms with Crippen molar-refractivity contribution in [3.05, 3.63) is 76.9 Å². The van der Waals surface area contributed by atoms with E-state index in [0.29, 0.717) is 5.92 Å². The highest BCUT2D eigenvalue weighted by Crippen LogP contribution is 2.29. The minimum atomic E-state index is 0.656.